The molecule has 0 atom stereocenters. The predicted octanol–water partition coefficient (Wildman–Crippen LogP) is 1.89. The van der Waals surface area contributed by atoms with Crippen molar-refractivity contribution in [2.75, 3.05) is 6.26 Å². The number of carbonyl (C=O) groups is 1. The molecule has 0 fully saturated rings. The molecule has 2 aromatic rings. The maximum atomic E-state index is 11.0. The van der Waals surface area contributed by atoms with E-state index in [9.17, 15) is 14.9 Å². The van der Waals surface area contributed by atoms with Crippen LogP contribution in [0, 0.1) is 10.1 Å². The van der Waals surface area contributed by atoms with E-state index in [0.717, 1.165) is 6.07 Å². The van der Waals surface area contributed by atoms with Crippen LogP contribution in [-0.4, -0.2) is 32.2 Å². The number of aromatic nitrogens is 2. The molecular weight excluding hydrogens is 246 g/mol. The highest BCUT2D eigenvalue weighted by Gasteiger charge is 2.19. The van der Waals surface area contributed by atoms with Crippen molar-refractivity contribution >= 4 is 34.5 Å². The molecular formula is C9H7N3O4S. The van der Waals surface area contributed by atoms with Crippen molar-refractivity contribution in [3.8, 4) is 0 Å². The van der Waals surface area contributed by atoms with Gasteiger partial charge in [-0.05, 0) is 6.26 Å². The summed E-state index contributed by atoms with van der Waals surface area (Å²) in [6.07, 6.45) is 1.77. The number of carboxylic acid groups (broad SMARTS) is 1. The second-order valence-corrected chi connectivity index (χ2v) is 3.99. The topological polar surface area (TPSA) is 109 Å². The van der Waals surface area contributed by atoms with Gasteiger partial charge in [-0.2, -0.15) is 0 Å². The number of thioether (sulfide) groups is 1. The minimum absolute atomic E-state index is 0.175. The minimum atomic E-state index is -1.24. The first-order valence-electron chi connectivity index (χ1n) is 4.48. The smallest absolute Gasteiger partial charge is 0.338 e. The molecule has 0 saturated heterocycles. The molecule has 2 N–H and O–H groups in total. The number of benzene rings is 1. The van der Waals surface area contributed by atoms with Crippen LogP contribution in [0.25, 0.3) is 11.0 Å². The quantitative estimate of drug-likeness (QED) is 0.491. The Morgan fingerprint density at radius 2 is 2.29 bits per heavy atom. The van der Waals surface area contributed by atoms with E-state index < -0.39 is 10.9 Å². The molecule has 0 bridgehead atoms. The van der Waals surface area contributed by atoms with E-state index >= 15 is 0 Å². The van der Waals surface area contributed by atoms with Gasteiger partial charge in [0.25, 0.3) is 5.69 Å². The monoisotopic (exact) mass is 253 g/mol. The standard InChI is InChI=1S/C9H7N3O4S/c1-17-9-10-6-3-4(12(15)16)2-5(8(13)14)7(6)11-9/h2-3H,1H3,(H,10,11)(H,13,14). The summed E-state index contributed by atoms with van der Waals surface area (Å²) in [5.41, 5.74) is 0.130. The zero-order valence-electron chi connectivity index (χ0n) is 8.63. The van der Waals surface area contributed by atoms with E-state index in [1.54, 1.807) is 6.26 Å². The number of hydrogen-bond donors (Lipinski definition) is 2. The third-order valence-corrected chi connectivity index (χ3v) is 2.76. The van der Waals surface area contributed by atoms with Gasteiger partial charge in [-0.3, -0.25) is 10.1 Å². The lowest BCUT2D eigenvalue weighted by molar-refractivity contribution is -0.384. The Balaban J connectivity index is 2.78. The van der Waals surface area contributed by atoms with Gasteiger partial charge in [-0.15, -0.1) is 0 Å². The maximum Gasteiger partial charge on any atom is 0.338 e. The first kappa shape index (κ1) is 11.4. The van der Waals surface area contributed by atoms with Crippen molar-refractivity contribution in [2.24, 2.45) is 0 Å². The first-order chi connectivity index (χ1) is 8.02. The second-order valence-electron chi connectivity index (χ2n) is 3.20. The number of non-ortho nitro benzene ring substituents is 1. The van der Waals surface area contributed by atoms with Crippen molar-refractivity contribution in [2.45, 2.75) is 5.16 Å². The normalized spacial score (nSPS) is 10.6. The molecule has 0 unspecified atom stereocenters. The summed E-state index contributed by atoms with van der Waals surface area (Å²) in [4.78, 5) is 27.9. The minimum Gasteiger partial charge on any atom is -0.478 e. The fourth-order valence-electron chi connectivity index (χ4n) is 1.44. The van der Waals surface area contributed by atoms with Crippen LogP contribution in [0.5, 0.6) is 0 Å². The van der Waals surface area contributed by atoms with E-state index in [-0.39, 0.29) is 16.8 Å². The zero-order chi connectivity index (χ0) is 12.6. The number of imidazole rings is 1. The van der Waals surface area contributed by atoms with Crippen LogP contribution in [0.2, 0.25) is 0 Å². The van der Waals surface area contributed by atoms with Crippen molar-refractivity contribution in [1.82, 2.24) is 9.97 Å². The van der Waals surface area contributed by atoms with Gasteiger partial charge in [0, 0.05) is 12.1 Å². The average Bonchev–Trinajstić information content (AvgIpc) is 2.69. The van der Waals surface area contributed by atoms with Crippen LogP contribution in [0.1, 0.15) is 10.4 Å². The SMILES string of the molecule is CSc1nc2c(C(=O)O)cc([N+](=O)[O-])cc2[nH]1. The second kappa shape index (κ2) is 4.06. The Morgan fingerprint density at radius 1 is 1.59 bits per heavy atom. The number of rotatable bonds is 3. The summed E-state index contributed by atoms with van der Waals surface area (Å²) >= 11 is 1.30. The summed E-state index contributed by atoms with van der Waals surface area (Å²) in [6, 6.07) is 2.28. The molecule has 0 aliphatic carbocycles. The molecule has 0 saturated carbocycles. The number of nitrogens with one attached hydrogen (secondary N) is 1. The van der Waals surface area contributed by atoms with Crippen LogP contribution in [0.4, 0.5) is 5.69 Å². The lowest BCUT2D eigenvalue weighted by Crippen LogP contribution is -1.99. The largest absolute Gasteiger partial charge is 0.478 e. The number of nitro benzene ring substituents is 1. The van der Waals surface area contributed by atoms with Crippen molar-refractivity contribution < 1.29 is 14.8 Å². The van der Waals surface area contributed by atoms with Crippen molar-refractivity contribution in [3.63, 3.8) is 0 Å². The summed E-state index contributed by atoms with van der Waals surface area (Å²) < 4.78 is 0. The average molecular weight is 253 g/mol. The number of nitro groups is 1. The summed E-state index contributed by atoms with van der Waals surface area (Å²) in [6.45, 7) is 0. The summed E-state index contributed by atoms with van der Waals surface area (Å²) in [5.74, 6) is -1.24. The highest BCUT2D eigenvalue weighted by Crippen LogP contribution is 2.26. The third-order valence-electron chi connectivity index (χ3n) is 2.18. The third kappa shape index (κ3) is 1.94. The zero-order valence-corrected chi connectivity index (χ0v) is 9.45. The molecule has 17 heavy (non-hydrogen) atoms. The van der Waals surface area contributed by atoms with Crippen LogP contribution >= 0.6 is 11.8 Å². The van der Waals surface area contributed by atoms with E-state index in [1.807, 2.05) is 0 Å². The molecule has 0 radical (unpaired) electrons. The Morgan fingerprint density at radius 3 is 2.82 bits per heavy atom. The van der Waals surface area contributed by atoms with E-state index in [2.05, 4.69) is 9.97 Å². The number of fused-ring (bicyclic) bond motifs is 1. The highest BCUT2D eigenvalue weighted by molar-refractivity contribution is 7.98. The van der Waals surface area contributed by atoms with Gasteiger partial charge in [0.15, 0.2) is 5.16 Å². The Bertz CT molecular complexity index is 622. The van der Waals surface area contributed by atoms with Crippen LogP contribution in [0.3, 0.4) is 0 Å². The fraction of sp³-hybridized carbons (Fsp3) is 0.111. The van der Waals surface area contributed by atoms with E-state index in [4.69, 9.17) is 5.11 Å². The molecule has 1 aromatic heterocycles. The number of carboxylic acids is 1. The highest BCUT2D eigenvalue weighted by atomic mass is 32.2. The van der Waals surface area contributed by atoms with Gasteiger partial charge in [0.2, 0.25) is 0 Å². The van der Waals surface area contributed by atoms with Crippen molar-refractivity contribution in [1.29, 1.82) is 0 Å². The van der Waals surface area contributed by atoms with Gasteiger partial charge < -0.3 is 10.1 Å². The van der Waals surface area contributed by atoms with Crippen molar-refractivity contribution in [3.05, 3.63) is 27.8 Å². The molecule has 0 amide bonds. The lowest BCUT2D eigenvalue weighted by Gasteiger charge is -1.96. The van der Waals surface area contributed by atoms with Gasteiger partial charge in [-0.1, -0.05) is 11.8 Å². The molecule has 7 nitrogen and oxygen atoms in total. The van der Waals surface area contributed by atoms with Gasteiger partial charge >= 0.3 is 5.97 Å². The molecule has 1 aromatic carbocycles. The molecule has 0 aliphatic rings. The first-order valence-corrected chi connectivity index (χ1v) is 5.71. The van der Waals surface area contributed by atoms with Gasteiger partial charge in [0.1, 0.15) is 5.52 Å². The number of hydrogen-bond acceptors (Lipinski definition) is 5. The van der Waals surface area contributed by atoms with Crippen LogP contribution in [-0.2, 0) is 0 Å². The fourth-order valence-corrected chi connectivity index (χ4v) is 1.84. The molecule has 88 valence electrons. The summed E-state index contributed by atoms with van der Waals surface area (Å²) in [5, 5.41) is 20.2. The molecule has 2 rings (SSSR count). The number of aromatic amines is 1. The van der Waals surface area contributed by atoms with E-state index in [1.165, 1.54) is 17.8 Å². The maximum absolute atomic E-state index is 11.0. The Labute approximate surface area is 99.0 Å². The predicted molar refractivity (Wildman–Crippen MR) is 61.5 cm³/mol. The number of nitrogens with zero attached hydrogens (tertiary/aromatic N) is 2. The Hall–Kier alpha value is -2.09. The number of aromatic carboxylic acids is 1. The molecule has 0 spiro atoms. The van der Waals surface area contributed by atoms with Gasteiger partial charge in [-0.25, -0.2) is 9.78 Å². The summed E-state index contributed by atoms with van der Waals surface area (Å²) in [7, 11) is 0. The Kier molecular flexibility index (Phi) is 2.72. The lowest BCUT2D eigenvalue weighted by atomic mass is 10.1. The number of H-pyrrole nitrogens is 1. The van der Waals surface area contributed by atoms with E-state index in [0.29, 0.717) is 10.7 Å². The van der Waals surface area contributed by atoms with Crippen LogP contribution < -0.4 is 0 Å². The molecule has 8 heteroatoms. The van der Waals surface area contributed by atoms with Crippen LogP contribution in [0.15, 0.2) is 17.3 Å². The molecule has 0 aliphatic heterocycles. The van der Waals surface area contributed by atoms with Gasteiger partial charge in [0.05, 0.1) is 16.0 Å². The molecule has 1 heterocycles.